The maximum absolute atomic E-state index is 11.9. The van der Waals surface area contributed by atoms with Gasteiger partial charge in [-0.1, -0.05) is 0 Å². The second kappa shape index (κ2) is 5.54. The first-order chi connectivity index (χ1) is 9.03. The number of carbonyl (C=O) groups is 1. The molecule has 5 heteroatoms. The summed E-state index contributed by atoms with van der Waals surface area (Å²) in [7, 11) is 0. The molecule has 1 aliphatic rings. The van der Waals surface area contributed by atoms with E-state index in [9.17, 15) is 10.1 Å². The summed E-state index contributed by atoms with van der Waals surface area (Å²) in [6.45, 7) is 1.80. The number of anilines is 1. The van der Waals surface area contributed by atoms with Crippen LogP contribution in [0.1, 0.15) is 19.8 Å². The van der Waals surface area contributed by atoms with E-state index in [1.807, 2.05) is 24.3 Å². The Bertz CT molecular complexity index is 504. The van der Waals surface area contributed by atoms with Gasteiger partial charge in [-0.05, 0) is 49.9 Å². The minimum atomic E-state index is -0.710. The number of carbonyl (C=O) groups excluding carboxylic acids is 1. The van der Waals surface area contributed by atoms with E-state index in [1.165, 1.54) is 11.8 Å². The van der Waals surface area contributed by atoms with Gasteiger partial charge in [0, 0.05) is 10.6 Å². The summed E-state index contributed by atoms with van der Waals surface area (Å²) in [5, 5.41) is 12.0. The van der Waals surface area contributed by atoms with Crippen LogP contribution in [0.15, 0.2) is 29.2 Å². The molecular weight excluding hydrogens is 258 g/mol. The molecule has 1 fully saturated rings. The number of hydrogen-bond donors (Lipinski definition) is 2. The summed E-state index contributed by atoms with van der Waals surface area (Å²) in [5.74, 6) is 0.522. The van der Waals surface area contributed by atoms with Gasteiger partial charge in [0.05, 0.1) is 11.8 Å². The topological polar surface area (TPSA) is 78.9 Å². The number of benzene rings is 1. The average Bonchev–Trinajstić information content (AvgIpc) is 3.22. The third-order valence-corrected chi connectivity index (χ3v) is 4.29. The van der Waals surface area contributed by atoms with Gasteiger partial charge < -0.3 is 11.1 Å². The molecule has 4 nitrogen and oxygen atoms in total. The fraction of sp³-hybridized carbons (Fsp3) is 0.429. The molecule has 0 spiro atoms. The molecule has 1 amide bonds. The smallest absolute Gasteiger partial charge is 0.231 e. The molecule has 1 aromatic rings. The van der Waals surface area contributed by atoms with Gasteiger partial charge >= 0.3 is 0 Å². The fourth-order valence-corrected chi connectivity index (χ4v) is 2.62. The molecule has 0 radical (unpaired) electrons. The van der Waals surface area contributed by atoms with Crippen LogP contribution in [0.3, 0.4) is 0 Å². The Labute approximate surface area is 117 Å². The number of hydrogen-bond acceptors (Lipinski definition) is 4. The van der Waals surface area contributed by atoms with E-state index in [1.54, 1.807) is 6.92 Å². The van der Waals surface area contributed by atoms with Crippen molar-refractivity contribution in [1.29, 1.82) is 5.26 Å². The standard InChI is InChI=1S/C14H17N3OS/c1-14(9-15,10-2-3-10)17-13(18)8-19-12-6-4-11(16)5-7-12/h4-7,10H,2-3,8,16H2,1H3,(H,17,18). The molecule has 0 heterocycles. The van der Waals surface area contributed by atoms with Gasteiger partial charge in [0.2, 0.25) is 5.91 Å². The Morgan fingerprint density at radius 3 is 2.68 bits per heavy atom. The first-order valence-electron chi connectivity index (χ1n) is 6.24. The summed E-state index contributed by atoms with van der Waals surface area (Å²) >= 11 is 1.44. The molecule has 19 heavy (non-hydrogen) atoms. The van der Waals surface area contributed by atoms with Crippen molar-refractivity contribution >= 4 is 23.4 Å². The van der Waals surface area contributed by atoms with Crippen molar-refractivity contribution in [2.75, 3.05) is 11.5 Å². The number of nitrogen functional groups attached to an aromatic ring is 1. The summed E-state index contributed by atoms with van der Waals surface area (Å²) in [4.78, 5) is 12.9. The van der Waals surface area contributed by atoms with Crippen LogP contribution in [0.4, 0.5) is 5.69 Å². The number of nitrogens with zero attached hydrogens (tertiary/aromatic N) is 1. The molecule has 1 saturated carbocycles. The van der Waals surface area contributed by atoms with Crippen molar-refractivity contribution in [3.05, 3.63) is 24.3 Å². The van der Waals surface area contributed by atoms with Crippen molar-refractivity contribution in [2.45, 2.75) is 30.2 Å². The van der Waals surface area contributed by atoms with Crippen molar-refractivity contribution in [1.82, 2.24) is 5.32 Å². The van der Waals surface area contributed by atoms with Crippen LogP contribution in [0.25, 0.3) is 0 Å². The highest BCUT2D eigenvalue weighted by Crippen LogP contribution is 2.39. The zero-order valence-corrected chi connectivity index (χ0v) is 11.7. The molecule has 100 valence electrons. The Hall–Kier alpha value is -1.67. The molecule has 1 atom stereocenters. The second-order valence-electron chi connectivity index (χ2n) is 4.99. The molecule has 1 unspecified atom stereocenters. The zero-order chi connectivity index (χ0) is 13.9. The van der Waals surface area contributed by atoms with Crippen molar-refractivity contribution in [2.24, 2.45) is 5.92 Å². The molecule has 1 aromatic carbocycles. The van der Waals surface area contributed by atoms with Gasteiger partial charge in [-0.25, -0.2) is 0 Å². The van der Waals surface area contributed by atoms with Crippen LogP contribution in [0, 0.1) is 17.2 Å². The zero-order valence-electron chi connectivity index (χ0n) is 10.8. The van der Waals surface area contributed by atoms with Crippen LogP contribution in [0.5, 0.6) is 0 Å². The molecular formula is C14H17N3OS. The van der Waals surface area contributed by atoms with E-state index >= 15 is 0 Å². The number of amides is 1. The second-order valence-corrected chi connectivity index (χ2v) is 6.04. The molecule has 0 saturated heterocycles. The molecule has 0 aliphatic heterocycles. The van der Waals surface area contributed by atoms with Crippen molar-refractivity contribution in [3.8, 4) is 6.07 Å². The van der Waals surface area contributed by atoms with Crippen LogP contribution in [-0.2, 0) is 4.79 Å². The lowest BCUT2D eigenvalue weighted by Crippen LogP contribution is -2.47. The average molecular weight is 275 g/mol. The Morgan fingerprint density at radius 2 is 2.16 bits per heavy atom. The lowest BCUT2D eigenvalue weighted by atomic mass is 9.98. The van der Waals surface area contributed by atoms with Crippen LogP contribution in [-0.4, -0.2) is 17.2 Å². The van der Waals surface area contributed by atoms with E-state index < -0.39 is 5.54 Å². The van der Waals surface area contributed by atoms with Crippen LogP contribution >= 0.6 is 11.8 Å². The third-order valence-electron chi connectivity index (χ3n) is 3.28. The van der Waals surface area contributed by atoms with Crippen LogP contribution in [0.2, 0.25) is 0 Å². The number of rotatable bonds is 5. The molecule has 1 aliphatic carbocycles. The summed E-state index contributed by atoms with van der Waals surface area (Å²) < 4.78 is 0. The largest absolute Gasteiger partial charge is 0.399 e. The first kappa shape index (κ1) is 13.8. The number of thioether (sulfide) groups is 1. The molecule has 2 rings (SSSR count). The predicted octanol–water partition coefficient (Wildman–Crippen LogP) is 2.17. The molecule has 0 aromatic heterocycles. The van der Waals surface area contributed by atoms with Gasteiger partial charge in [-0.3, -0.25) is 4.79 Å². The highest BCUT2D eigenvalue weighted by Gasteiger charge is 2.42. The highest BCUT2D eigenvalue weighted by molar-refractivity contribution is 8.00. The Morgan fingerprint density at radius 1 is 1.53 bits per heavy atom. The first-order valence-corrected chi connectivity index (χ1v) is 7.22. The van der Waals surface area contributed by atoms with Crippen molar-refractivity contribution < 1.29 is 4.79 Å². The fourth-order valence-electron chi connectivity index (χ4n) is 1.92. The number of nitrogens with one attached hydrogen (secondary N) is 1. The molecule has 0 bridgehead atoms. The summed E-state index contributed by atoms with van der Waals surface area (Å²) in [6.07, 6.45) is 2.05. The Kier molecular flexibility index (Phi) is 4.01. The highest BCUT2D eigenvalue weighted by atomic mass is 32.2. The Balaban J connectivity index is 1.84. The van der Waals surface area contributed by atoms with Gasteiger partial charge in [-0.15, -0.1) is 11.8 Å². The lowest BCUT2D eigenvalue weighted by molar-refractivity contribution is -0.119. The predicted molar refractivity (Wildman–Crippen MR) is 76.5 cm³/mol. The minimum absolute atomic E-state index is 0.0993. The maximum Gasteiger partial charge on any atom is 0.231 e. The maximum atomic E-state index is 11.9. The minimum Gasteiger partial charge on any atom is -0.399 e. The van der Waals surface area contributed by atoms with E-state index in [0.29, 0.717) is 17.4 Å². The van der Waals surface area contributed by atoms with E-state index in [0.717, 1.165) is 17.7 Å². The number of nitrogens with two attached hydrogens (primary N) is 1. The van der Waals surface area contributed by atoms with Gasteiger partial charge in [0.15, 0.2) is 0 Å². The van der Waals surface area contributed by atoms with E-state index in [-0.39, 0.29) is 5.91 Å². The monoisotopic (exact) mass is 275 g/mol. The SMILES string of the molecule is CC(C#N)(NC(=O)CSc1ccc(N)cc1)C1CC1. The summed E-state index contributed by atoms with van der Waals surface area (Å²) in [5.41, 5.74) is 5.60. The molecule has 3 N–H and O–H groups in total. The third kappa shape index (κ3) is 3.65. The number of nitriles is 1. The van der Waals surface area contributed by atoms with Gasteiger partial charge in [0.1, 0.15) is 5.54 Å². The summed E-state index contributed by atoms with van der Waals surface area (Å²) in [6, 6.07) is 9.61. The van der Waals surface area contributed by atoms with E-state index in [2.05, 4.69) is 11.4 Å². The quantitative estimate of drug-likeness (QED) is 0.637. The lowest BCUT2D eigenvalue weighted by Gasteiger charge is -2.22. The van der Waals surface area contributed by atoms with Gasteiger partial charge in [0.25, 0.3) is 0 Å². The van der Waals surface area contributed by atoms with Crippen molar-refractivity contribution in [3.63, 3.8) is 0 Å². The van der Waals surface area contributed by atoms with Crippen LogP contribution < -0.4 is 11.1 Å². The van der Waals surface area contributed by atoms with Gasteiger partial charge in [-0.2, -0.15) is 5.26 Å². The van der Waals surface area contributed by atoms with E-state index in [4.69, 9.17) is 5.73 Å². The normalized spacial score (nSPS) is 17.3.